The van der Waals surface area contributed by atoms with Crippen LogP contribution >= 0.6 is 15.6 Å². The average molecular weight is 1520 g/mol. The van der Waals surface area contributed by atoms with Gasteiger partial charge in [-0.05, 0) is 63.2 Å². The van der Waals surface area contributed by atoms with Gasteiger partial charge in [-0.1, -0.05) is 374 Å². The summed E-state index contributed by atoms with van der Waals surface area (Å²) in [5.74, 6) is -0.577. The fourth-order valence-electron chi connectivity index (χ4n) is 12.7. The SMILES string of the molecule is CCCCCC/C=C\C=C/CCCCCCCC(=O)OC[C@H](COP(=O)(O)OC[C@@H](O)COP(=O)(O)OC[C@@H](COC(=O)CCCCCCCCCCCCC(C)C)OC(=O)CCCCCCCCCCCCC(C)CC)OC(=O)CCCCCCCCCCCCCCCCCCCCCCCC. The van der Waals surface area contributed by atoms with E-state index in [1.165, 1.54) is 225 Å². The molecule has 19 heteroatoms. The van der Waals surface area contributed by atoms with Crippen LogP contribution in [0.4, 0.5) is 0 Å². The van der Waals surface area contributed by atoms with Gasteiger partial charge in [0.05, 0.1) is 26.4 Å². The van der Waals surface area contributed by atoms with Crippen LogP contribution in [0, 0.1) is 11.8 Å². The van der Waals surface area contributed by atoms with Crippen LogP contribution in [0.3, 0.4) is 0 Å². The van der Waals surface area contributed by atoms with Crippen LogP contribution in [0.5, 0.6) is 0 Å². The number of carbonyl (C=O) groups excluding carboxylic acids is 4. The van der Waals surface area contributed by atoms with Crippen LogP contribution in [0.15, 0.2) is 24.3 Å². The lowest BCUT2D eigenvalue weighted by molar-refractivity contribution is -0.161. The number of rotatable bonds is 82. The molecule has 0 saturated heterocycles. The Kier molecular flexibility index (Phi) is 74.1. The molecular weight excluding hydrogens is 1350 g/mol. The summed E-state index contributed by atoms with van der Waals surface area (Å²) in [5, 5.41) is 10.7. The van der Waals surface area contributed by atoms with Gasteiger partial charge in [0.15, 0.2) is 12.2 Å². The molecule has 6 atom stereocenters. The highest BCUT2D eigenvalue weighted by Gasteiger charge is 2.30. The number of ether oxygens (including phenoxy) is 4. The van der Waals surface area contributed by atoms with Crippen molar-refractivity contribution in [3.8, 4) is 0 Å². The number of esters is 4. The zero-order valence-corrected chi connectivity index (χ0v) is 69.6. The Labute approximate surface area is 637 Å². The molecule has 104 heavy (non-hydrogen) atoms. The first-order valence-electron chi connectivity index (χ1n) is 43.3. The van der Waals surface area contributed by atoms with Crippen LogP contribution < -0.4 is 0 Å². The van der Waals surface area contributed by atoms with Crippen molar-refractivity contribution >= 4 is 39.5 Å². The molecule has 0 saturated carbocycles. The lowest BCUT2D eigenvalue weighted by Crippen LogP contribution is -2.30. The molecule has 0 aliphatic heterocycles. The third kappa shape index (κ3) is 76.3. The standard InChI is InChI=1S/C85H162O17P2/c1-7-10-12-14-16-18-20-22-24-25-26-27-28-29-30-32-34-36-45-51-57-63-69-84(89)101-80(73-95-82(87)67-61-55-49-43-35-33-31-23-21-19-17-15-13-11-8-2)75-99-103(91,92)97-71-79(86)72-98-104(93,94)100-76-81(74-96-83(88)68-62-56-50-44-39-37-41-47-53-59-65-77(4)5)102-85(90)70-64-58-52-46-40-38-42-48-54-60-66-78(6)9-3/h19,21,23,31,77-81,86H,7-18,20,22,24-30,32-76H2,1-6H3,(H,91,92)(H,93,94)/b21-19-,31-23-/t78?,79-,80-,81-/m1/s1. The predicted molar refractivity (Wildman–Crippen MR) is 427 cm³/mol. The van der Waals surface area contributed by atoms with E-state index in [9.17, 15) is 43.2 Å². The number of unbranched alkanes of at least 4 members (excludes halogenated alkanes) is 48. The molecule has 0 aliphatic carbocycles. The molecule has 17 nitrogen and oxygen atoms in total. The van der Waals surface area contributed by atoms with Crippen LogP contribution in [0.2, 0.25) is 0 Å². The largest absolute Gasteiger partial charge is 0.472 e. The number of aliphatic hydroxyl groups excluding tert-OH is 1. The van der Waals surface area contributed by atoms with Crippen molar-refractivity contribution in [2.75, 3.05) is 39.6 Å². The Morgan fingerprint density at radius 2 is 0.567 bits per heavy atom. The van der Waals surface area contributed by atoms with Crippen molar-refractivity contribution in [1.29, 1.82) is 0 Å². The second-order valence-corrected chi connectivity index (χ2v) is 33.5. The number of phosphoric ester groups is 2. The first-order valence-corrected chi connectivity index (χ1v) is 46.3. The van der Waals surface area contributed by atoms with Gasteiger partial charge in [0, 0.05) is 25.7 Å². The highest BCUT2D eigenvalue weighted by Crippen LogP contribution is 2.45. The normalized spacial score (nSPS) is 14.2. The first kappa shape index (κ1) is 102. The Morgan fingerprint density at radius 1 is 0.317 bits per heavy atom. The van der Waals surface area contributed by atoms with Crippen molar-refractivity contribution < 1.29 is 80.2 Å². The third-order valence-corrected chi connectivity index (χ3v) is 21.6. The summed E-state index contributed by atoms with van der Waals surface area (Å²) in [7, 11) is -9.94. The lowest BCUT2D eigenvalue weighted by atomic mass is 9.99. The van der Waals surface area contributed by atoms with E-state index in [0.29, 0.717) is 25.7 Å². The minimum Gasteiger partial charge on any atom is -0.462 e. The van der Waals surface area contributed by atoms with Crippen LogP contribution in [0.25, 0.3) is 0 Å². The van der Waals surface area contributed by atoms with Gasteiger partial charge >= 0.3 is 39.5 Å². The number of hydrogen-bond donors (Lipinski definition) is 3. The molecular formula is C85H162O17P2. The van der Waals surface area contributed by atoms with Crippen LogP contribution in [0.1, 0.15) is 427 Å². The monoisotopic (exact) mass is 1520 g/mol. The fraction of sp³-hybridized carbons (Fsp3) is 0.906. The summed E-state index contributed by atoms with van der Waals surface area (Å²) in [6, 6.07) is 0. The van der Waals surface area contributed by atoms with E-state index in [-0.39, 0.29) is 25.7 Å². The molecule has 0 aromatic rings. The van der Waals surface area contributed by atoms with Gasteiger partial charge in [-0.2, -0.15) is 0 Å². The van der Waals surface area contributed by atoms with E-state index < -0.39 is 97.5 Å². The van der Waals surface area contributed by atoms with E-state index >= 15 is 0 Å². The number of carbonyl (C=O) groups is 4. The molecule has 0 amide bonds. The Morgan fingerprint density at radius 3 is 0.865 bits per heavy atom. The molecule has 0 heterocycles. The summed E-state index contributed by atoms with van der Waals surface area (Å²) in [6.07, 6.45) is 70.2. The van der Waals surface area contributed by atoms with E-state index in [4.69, 9.17) is 37.0 Å². The van der Waals surface area contributed by atoms with E-state index in [2.05, 4.69) is 65.8 Å². The Balaban J connectivity index is 5.27. The summed E-state index contributed by atoms with van der Waals surface area (Å²) >= 11 is 0. The zero-order valence-electron chi connectivity index (χ0n) is 67.8. The maximum atomic E-state index is 13.1. The second kappa shape index (κ2) is 75.9. The van der Waals surface area contributed by atoms with Gasteiger partial charge in [0.2, 0.25) is 0 Å². The lowest BCUT2D eigenvalue weighted by Gasteiger charge is -2.21. The molecule has 3 N–H and O–H groups in total. The molecule has 0 rings (SSSR count). The van der Waals surface area contributed by atoms with Gasteiger partial charge in [0.1, 0.15) is 19.3 Å². The highest BCUT2D eigenvalue weighted by atomic mass is 31.2. The van der Waals surface area contributed by atoms with Crippen LogP contribution in [-0.4, -0.2) is 96.7 Å². The molecule has 0 aliphatic rings. The second-order valence-electron chi connectivity index (χ2n) is 30.6. The van der Waals surface area contributed by atoms with Crippen molar-refractivity contribution in [3.63, 3.8) is 0 Å². The minimum atomic E-state index is -4.97. The van der Waals surface area contributed by atoms with Crippen LogP contribution in [-0.2, 0) is 65.4 Å². The highest BCUT2D eigenvalue weighted by molar-refractivity contribution is 7.47. The zero-order chi connectivity index (χ0) is 76.4. The van der Waals surface area contributed by atoms with Crippen molar-refractivity contribution in [2.45, 2.75) is 445 Å². The molecule has 0 radical (unpaired) electrons. The molecule has 0 bridgehead atoms. The molecule has 0 aromatic heterocycles. The number of phosphoric acid groups is 2. The van der Waals surface area contributed by atoms with E-state index in [1.807, 2.05) is 0 Å². The molecule has 614 valence electrons. The van der Waals surface area contributed by atoms with Crippen molar-refractivity contribution in [3.05, 3.63) is 24.3 Å². The molecule has 0 spiro atoms. The van der Waals surface area contributed by atoms with E-state index in [0.717, 1.165) is 121 Å². The fourth-order valence-corrected chi connectivity index (χ4v) is 14.3. The average Bonchev–Trinajstić information content (AvgIpc) is 0.905. The van der Waals surface area contributed by atoms with Gasteiger partial charge in [-0.25, -0.2) is 9.13 Å². The summed E-state index contributed by atoms with van der Waals surface area (Å²) < 4.78 is 68.8. The maximum Gasteiger partial charge on any atom is 0.472 e. The number of aliphatic hydroxyl groups is 1. The molecule has 0 aromatic carbocycles. The van der Waals surface area contributed by atoms with Crippen molar-refractivity contribution in [2.24, 2.45) is 11.8 Å². The number of allylic oxidation sites excluding steroid dienone is 4. The van der Waals surface area contributed by atoms with E-state index in [1.54, 1.807) is 0 Å². The van der Waals surface area contributed by atoms with Gasteiger partial charge in [0.25, 0.3) is 0 Å². The molecule has 0 fully saturated rings. The molecule has 3 unspecified atom stereocenters. The maximum absolute atomic E-state index is 13.1. The topological polar surface area (TPSA) is 237 Å². The van der Waals surface area contributed by atoms with Crippen molar-refractivity contribution in [1.82, 2.24) is 0 Å². The Hall–Kier alpha value is -2.46. The Bertz CT molecular complexity index is 2090. The first-order chi connectivity index (χ1) is 50.4. The minimum absolute atomic E-state index is 0.102. The summed E-state index contributed by atoms with van der Waals surface area (Å²) in [4.78, 5) is 73.2. The van der Waals surface area contributed by atoms with Gasteiger partial charge in [-0.15, -0.1) is 0 Å². The predicted octanol–water partition coefficient (Wildman–Crippen LogP) is 25.4. The van der Waals surface area contributed by atoms with Gasteiger partial charge in [-0.3, -0.25) is 37.3 Å². The quantitative estimate of drug-likeness (QED) is 0.0169. The smallest absolute Gasteiger partial charge is 0.462 e. The summed E-state index contributed by atoms with van der Waals surface area (Å²) in [6.45, 7) is 9.61. The summed E-state index contributed by atoms with van der Waals surface area (Å²) in [5.41, 5.74) is 0. The number of hydrogen-bond acceptors (Lipinski definition) is 15. The van der Waals surface area contributed by atoms with Gasteiger partial charge < -0.3 is 33.8 Å². The third-order valence-electron chi connectivity index (χ3n) is 19.7.